The summed E-state index contributed by atoms with van der Waals surface area (Å²) >= 11 is 1.38. The van der Waals surface area contributed by atoms with Crippen molar-refractivity contribution in [2.45, 2.75) is 65.8 Å². The maximum Gasteiger partial charge on any atom is 0.234 e. The van der Waals surface area contributed by atoms with Gasteiger partial charge in [0.1, 0.15) is 12.4 Å². The molecule has 0 spiro atoms. The van der Waals surface area contributed by atoms with Crippen LogP contribution in [0.15, 0.2) is 41.6 Å². The van der Waals surface area contributed by atoms with E-state index in [-0.39, 0.29) is 11.7 Å². The number of hydrogen-bond donors (Lipinski definition) is 1. The Labute approximate surface area is 194 Å². The van der Waals surface area contributed by atoms with Crippen LogP contribution in [0.3, 0.4) is 0 Å². The number of amides is 1. The summed E-state index contributed by atoms with van der Waals surface area (Å²) in [5.74, 6) is 2.21. The molecule has 0 fully saturated rings. The summed E-state index contributed by atoms with van der Waals surface area (Å²) in [7, 11) is 0. The molecule has 7 heteroatoms. The summed E-state index contributed by atoms with van der Waals surface area (Å²) in [5, 5.41) is 12.3. The van der Waals surface area contributed by atoms with Gasteiger partial charge in [0.2, 0.25) is 5.91 Å². The molecular weight excluding hydrogens is 420 g/mol. The summed E-state index contributed by atoms with van der Waals surface area (Å²) in [4.78, 5) is 12.5. The van der Waals surface area contributed by atoms with Crippen LogP contribution >= 0.6 is 11.8 Å². The molecule has 0 atom stereocenters. The summed E-state index contributed by atoms with van der Waals surface area (Å²) in [6.07, 6.45) is 0. The van der Waals surface area contributed by atoms with Gasteiger partial charge in [0.15, 0.2) is 11.0 Å². The Morgan fingerprint density at radius 1 is 1.09 bits per heavy atom. The van der Waals surface area contributed by atoms with Crippen molar-refractivity contribution < 1.29 is 9.53 Å². The number of rotatable bonds is 9. The van der Waals surface area contributed by atoms with Gasteiger partial charge < -0.3 is 14.6 Å². The SMILES string of the molecule is CCn1c(COc2cc(C)ccc2C(C)C)nnc1SCC(=O)Nc1ccc(C)cc1C. The highest BCUT2D eigenvalue weighted by Crippen LogP contribution is 2.28. The standard InChI is InChI=1S/C25H32N4O2S/c1-7-29-23(14-31-22-13-18(5)8-10-20(22)16(2)3)27-28-25(29)32-15-24(30)26-21-11-9-17(4)12-19(21)6/h8-13,16H,7,14-15H2,1-6H3,(H,26,30). The zero-order chi connectivity index (χ0) is 23.3. The Hall–Kier alpha value is -2.80. The first kappa shape index (κ1) is 23.9. The van der Waals surface area contributed by atoms with Crippen LogP contribution in [0.5, 0.6) is 5.75 Å². The molecule has 0 aliphatic rings. The molecule has 1 amide bonds. The molecule has 3 aromatic rings. The van der Waals surface area contributed by atoms with E-state index in [0.717, 1.165) is 33.5 Å². The Morgan fingerprint density at radius 2 is 1.81 bits per heavy atom. The third-order valence-electron chi connectivity index (χ3n) is 5.25. The van der Waals surface area contributed by atoms with E-state index in [4.69, 9.17) is 4.74 Å². The van der Waals surface area contributed by atoms with Crippen molar-refractivity contribution in [1.29, 1.82) is 0 Å². The molecule has 32 heavy (non-hydrogen) atoms. The van der Waals surface area contributed by atoms with Crippen LogP contribution in [0, 0.1) is 20.8 Å². The van der Waals surface area contributed by atoms with Crippen LogP contribution in [0.25, 0.3) is 0 Å². The number of aryl methyl sites for hydroxylation is 3. The minimum atomic E-state index is -0.0632. The quantitative estimate of drug-likeness (QED) is 0.425. The first-order chi connectivity index (χ1) is 15.3. The second kappa shape index (κ2) is 10.7. The number of nitrogens with one attached hydrogen (secondary N) is 1. The highest BCUT2D eigenvalue weighted by atomic mass is 32.2. The van der Waals surface area contributed by atoms with Gasteiger partial charge in [-0.25, -0.2) is 0 Å². The molecule has 0 unspecified atom stereocenters. The highest BCUT2D eigenvalue weighted by molar-refractivity contribution is 7.99. The van der Waals surface area contributed by atoms with Crippen molar-refractivity contribution in [1.82, 2.24) is 14.8 Å². The van der Waals surface area contributed by atoms with Crippen LogP contribution in [-0.4, -0.2) is 26.4 Å². The zero-order valence-corrected chi connectivity index (χ0v) is 20.5. The van der Waals surface area contributed by atoms with Crippen LogP contribution in [0.2, 0.25) is 0 Å². The fraction of sp³-hybridized carbons (Fsp3) is 0.400. The minimum absolute atomic E-state index is 0.0632. The first-order valence-corrected chi connectivity index (χ1v) is 11.9. The van der Waals surface area contributed by atoms with Gasteiger partial charge in [-0.1, -0.05) is 55.4 Å². The summed E-state index contributed by atoms with van der Waals surface area (Å²) in [5.41, 5.74) is 5.40. The van der Waals surface area contributed by atoms with E-state index >= 15 is 0 Å². The van der Waals surface area contributed by atoms with Gasteiger partial charge in [0, 0.05) is 12.2 Å². The van der Waals surface area contributed by atoms with Crippen LogP contribution in [0.1, 0.15) is 54.8 Å². The lowest BCUT2D eigenvalue weighted by molar-refractivity contribution is -0.113. The number of hydrogen-bond acceptors (Lipinski definition) is 5. The monoisotopic (exact) mass is 452 g/mol. The molecule has 170 valence electrons. The van der Waals surface area contributed by atoms with Crippen LogP contribution in [-0.2, 0) is 17.9 Å². The lowest BCUT2D eigenvalue weighted by Crippen LogP contribution is -2.15. The number of thioether (sulfide) groups is 1. The zero-order valence-electron chi connectivity index (χ0n) is 19.7. The maximum absolute atomic E-state index is 12.5. The molecule has 0 saturated heterocycles. The van der Waals surface area contributed by atoms with Crippen molar-refractivity contribution in [3.63, 3.8) is 0 Å². The topological polar surface area (TPSA) is 69.0 Å². The molecule has 3 rings (SSSR count). The molecule has 0 radical (unpaired) electrons. The number of nitrogens with zero attached hydrogens (tertiary/aromatic N) is 3. The minimum Gasteiger partial charge on any atom is -0.485 e. The molecule has 0 bridgehead atoms. The lowest BCUT2D eigenvalue weighted by Gasteiger charge is -2.15. The van der Waals surface area contributed by atoms with E-state index in [9.17, 15) is 4.79 Å². The predicted octanol–water partition coefficient (Wildman–Crippen LogP) is 5.66. The smallest absolute Gasteiger partial charge is 0.234 e. The number of carbonyl (C=O) groups is 1. The van der Waals surface area contributed by atoms with Crippen LogP contribution in [0.4, 0.5) is 5.69 Å². The third-order valence-corrected chi connectivity index (χ3v) is 6.21. The molecule has 1 aromatic heterocycles. The number of aromatic nitrogens is 3. The molecule has 1 N–H and O–H groups in total. The van der Waals surface area contributed by atoms with Crippen LogP contribution < -0.4 is 10.1 Å². The second-order valence-electron chi connectivity index (χ2n) is 8.28. The summed E-state index contributed by atoms with van der Waals surface area (Å²) in [6.45, 7) is 13.5. The second-order valence-corrected chi connectivity index (χ2v) is 9.23. The lowest BCUT2D eigenvalue weighted by atomic mass is 10.0. The molecule has 0 aliphatic heterocycles. The molecule has 0 saturated carbocycles. The van der Waals surface area contributed by atoms with Gasteiger partial charge >= 0.3 is 0 Å². The first-order valence-electron chi connectivity index (χ1n) is 10.9. The average molecular weight is 453 g/mol. The van der Waals surface area contributed by atoms with Gasteiger partial charge in [0.25, 0.3) is 0 Å². The normalized spacial score (nSPS) is 11.1. The number of anilines is 1. The highest BCUT2D eigenvalue weighted by Gasteiger charge is 2.15. The Kier molecular flexibility index (Phi) is 7.96. The van der Waals surface area contributed by atoms with Gasteiger partial charge in [-0.3, -0.25) is 4.79 Å². The Bertz CT molecular complexity index is 1090. The van der Waals surface area contributed by atoms with E-state index in [1.54, 1.807) is 0 Å². The van der Waals surface area contributed by atoms with Gasteiger partial charge in [-0.05, 0) is 62.4 Å². The molecule has 6 nitrogen and oxygen atoms in total. The van der Waals surface area contributed by atoms with Crippen molar-refractivity contribution >= 4 is 23.4 Å². The number of carbonyl (C=O) groups excluding carboxylic acids is 1. The maximum atomic E-state index is 12.5. The fourth-order valence-corrected chi connectivity index (χ4v) is 4.33. The van der Waals surface area contributed by atoms with Crippen molar-refractivity contribution in [2.75, 3.05) is 11.1 Å². The van der Waals surface area contributed by atoms with Crippen molar-refractivity contribution in [3.8, 4) is 5.75 Å². The van der Waals surface area contributed by atoms with Gasteiger partial charge in [-0.15, -0.1) is 10.2 Å². The number of ether oxygens (including phenoxy) is 1. The van der Waals surface area contributed by atoms with E-state index < -0.39 is 0 Å². The average Bonchev–Trinajstić information content (AvgIpc) is 3.14. The van der Waals surface area contributed by atoms with Crippen molar-refractivity contribution in [2.24, 2.45) is 0 Å². The largest absolute Gasteiger partial charge is 0.485 e. The summed E-state index contributed by atoms with van der Waals surface area (Å²) in [6, 6.07) is 12.3. The Balaban J connectivity index is 1.64. The predicted molar refractivity (Wildman–Crippen MR) is 131 cm³/mol. The molecule has 1 heterocycles. The van der Waals surface area contributed by atoms with Crippen molar-refractivity contribution in [3.05, 3.63) is 64.5 Å². The van der Waals surface area contributed by atoms with E-state index in [2.05, 4.69) is 60.6 Å². The van der Waals surface area contributed by atoms with E-state index in [1.165, 1.54) is 22.9 Å². The Morgan fingerprint density at radius 3 is 2.50 bits per heavy atom. The molecule has 2 aromatic carbocycles. The number of benzene rings is 2. The third kappa shape index (κ3) is 5.91. The molecular formula is C25H32N4O2S. The fourth-order valence-electron chi connectivity index (χ4n) is 3.51. The van der Waals surface area contributed by atoms with E-state index in [0.29, 0.717) is 19.1 Å². The van der Waals surface area contributed by atoms with E-state index in [1.807, 2.05) is 37.5 Å². The molecule has 0 aliphatic carbocycles. The summed E-state index contributed by atoms with van der Waals surface area (Å²) < 4.78 is 8.14. The van der Waals surface area contributed by atoms with Gasteiger partial charge in [-0.2, -0.15) is 0 Å². The van der Waals surface area contributed by atoms with Gasteiger partial charge in [0.05, 0.1) is 5.75 Å².